The maximum atomic E-state index is 5.04. The standard InChI is InChI=1S/C9H14N4OS/c1-14-6-5-10-9(15)11-7-8-3-2-4-12-13-8/h2-4H,5-7H2,1H3,(H2,10,11,15). The van der Waals surface area contributed by atoms with E-state index in [-0.39, 0.29) is 0 Å². The van der Waals surface area contributed by atoms with Crippen LogP contribution >= 0.6 is 12.2 Å². The van der Waals surface area contributed by atoms with Crippen molar-refractivity contribution in [3.63, 3.8) is 0 Å². The molecule has 1 rings (SSSR count). The first kappa shape index (κ1) is 11.8. The van der Waals surface area contributed by atoms with Crippen molar-refractivity contribution < 1.29 is 4.74 Å². The van der Waals surface area contributed by atoms with E-state index in [1.54, 1.807) is 13.3 Å². The molecule has 0 aromatic carbocycles. The van der Waals surface area contributed by atoms with Crippen LogP contribution in [0.3, 0.4) is 0 Å². The average molecular weight is 226 g/mol. The van der Waals surface area contributed by atoms with E-state index in [0.29, 0.717) is 24.8 Å². The molecule has 0 saturated carbocycles. The molecule has 5 nitrogen and oxygen atoms in total. The Hall–Kier alpha value is -1.27. The van der Waals surface area contributed by atoms with Crippen LogP contribution < -0.4 is 10.6 Å². The lowest BCUT2D eigenvalue weighted by Crippen LogP contribution is -2.36. The largest absolute Gasteiger partial charge is 0.383 e. The van der Waals surface area contributed by atoms with Gasteiger partial charge in [0.25, 0.3) is 0 Å². The third-order valence-corrected chi connectivity index (χ3v) is 1.94. The summed E-state index contributed by atoms with van der Waals surface area (Å²) in [6, 6.07) is 3.73. The van der Waals surface area contributed by atoms with E-state index in [1.165, 1.54) is 0 Å². The van der Waals surface area contributed by atoms with Crippen LogP contribution in [0.2, 0.25) is 0 Å². The average Bonchev–Trinajstić information content (AvgIpc) is 2.28. The van der Waals surface area contributed by atoms with Gasteiger partial charge < -0.3 is 15.4 Å². The summed E-state index contributed by atoms with van der Waals surface area (Å²) in [6.07, 6.45) is 1.64. The molecular weight excluding hydrogens is 212 g/mol. The minimum absolute atomic E-state index is 0.576. The van der Waals surface area contributed by atoms with Gasteiger partial charge in [0.1, 0.15) is 0 Å². The van der Waals surface area contributed by atoms with E-state index < -0.39 is 0 Å². The lowest BCUT2D eigenvalue weighted by molar-refractivity contribution is 0.204. The molecule has 0 amide bonds. The number of rotatable bonds is 5. The molecule has 1 aromatic heterocycles. The Kier molecular flexibility index (Phi) is 5.57. The van der Waals surface area contributed by atoms with Gasteiger partial charge in [-0.25, -0.2) is 0 Å². The van der Waals surface area contributed by atoms with Gasteiger partial charge in [-0.3, -0.25) is 0 Å². The molecular formula is C9H14N4OS. The van der Waals surface area contributed by atoms with Crippen LogP contribution in [0.25, 0.3) is 0 Å². The summed E-state index contributed by atoms with van der Waals surface area (Å²) in [5, 5.41) is 14.3. The van der Waals surface area contributed by atoms with Gasteiger partial charge in [-0.2, -0.15) is 10.2 Å². The fraction of sp³-hybridized carbons (Fsp3) is 0.444. The third kappa shape index (κ3) is 5.24. The van der Waals surface area contributed by atoms with E-state index in [1.807, 2.05) is 12.1 Å². The number of methoxy groups -OCH3 is 1. The molecule has 0 radical (unpaired) electrons. The maximum Gasteiger partial charge on any atom is 0.166 e. The Bertz CT molecular complexity index is 293. The summed E-state index contributed by atoms with van der Waals surface area (Å²) < 4.78 is 4.88. The molecule has 0 bridgehead atoms. The third-order valence-electron chi connectivity index (χ3n) is 1.65. The SMILES string of the molecule is COCCNC(=S)NCc1cccnn1. The first-order valence-electron chi connectivity index (χ1n) is 4.60. The second-order valence-corrected chi connectivity index (χ2v) is 3.23. The van der Waals surface area contributed by atoms with Crippen molar-refractivity contribution in [1.29, 1.82) is 0 Å². The Morgan fingerprint density at radius 1 is 1.53 bits per heavy atom. The normalized spacial score (nSPS) is 9.67. The molecule has 15 heavy (non-hydrogen) atoms. The Balaban J connectivity index is 2.17. The predicted molar refractivity (Wildman–Crippen MR) is 61.3 cm³/mol. The zero-order valence-electron chi connectivity index (χ0n) is 8.56. The molecule has 0 unspecified atom stereocenters. The minimum atomic E-state index is 0.576. The Morgan fingerprint density at radius 2 is 2.40 bits per heavy atom. The van der Waals surface area contributed by atoms with Gasteiger partial charge >= 0.3 is 0 Å². The second-order valence-electron chi connectivity index (χ2n) is 2.82. The molecule has 0 fully saturated rings. The fourth-order valence-electron chi connectivity index (χ4n) is 0.928. The molecule has 6 heteroatoms. The van der Waals surface area contributed by atoms with E-state index in [0.717, 1.165) is 5.69 Å². The van der Waals surface area contributed by atoms with Crippen LogP contribution in [0.1, 0.15) is 5.69 Å². The highest BCUT2D eigenvalue weighted by atomic mass is 32.1. The van der Waals surface area contributed by atoms with Gasteiger partial charge in [0.2, 0.25) is 0 Å². The van der Waals surface area contributed by atoms with Crippen molar-refractivity contribution in [3.05, 3.63) is 24.0 Å². The summed E-state index contributed by atoms with van der Waals surface area (Å²) in [6.45, 7) is 1.91. The second kappa shape index (κ2) is 7.08. The molecule has 1 heterocycles. The van der Waals surface area contributed by atoms with Gasteiger partial charge in [-0.15, -0.1) is 0 Å². The van der Waals surface area contributed by atoms with Crippen LogP contribution in [0, 0.1) is 0 Å². The highest BCUT2D eigenvalue weighted by Crippen LogP contribution is 1.88. The van der Waals surface area contributed by atoms with Crippen molar-refractivity contribution in [2.45, 2.75) is 6.54 Å². The molecule has 0 saturated heterocycles. The van der Waals surface area contributed by atoms with Crippen LogP contribution in [0.5, 0.6) is 0 Å². The summed E-state index contributed by atoms with van der Waals surface area (Å²) in [7, 11) is 1.65. The fourth-order valence-corrected chi connectivity index (χ4v) is 1.10. The van der Waals surface area contributed by atoms with Gasteiger partial charge in [0.15, 0.2) is 5.11 Å². The van der Waals surface area contributed by atoms with Crippen molar-refractivity contribution in [2.24, 2.45) is 0 Å². The minimum Gasteiger partial charge on any atom is -0.383 e. The number of aromatic nitrogens is 2. The van der Waals surface area contributed by atoms with Crippen molar-refractivity contribution in [1.82, 2.24) is 20.8 Å². The molecule has 2 N–H and O–H groups in total. The van der Waals surface area contributed by atoms with Gasteiger partial charge in [-0.1, -0.05) is 0 Å². The van der Waals surface area contributed by atoms with Crippen molar-refractivity contribution >= 4 is 17.3 Å². The quantitative estimate of drug-likeness (QED) is 0.548. The lowest BCUT2D eigenvalue weighted by atomic mass is 10.4. The van der Waals surface area contributed by atoms with Crippen LogP contribution in [0.4, 0.5) is 0 Å². The molecule has 0 aliphatic rings. The van der Waals surface area contributed by atoms with E-state index in [9.17, 15) is 0 Å². The van der Waals surface area contributed by atoms with E-state index in [4.69, 9.17) is 17.0 Å². The summed E-state index contributed by atoms with van der Waals surface area (Å²) >= 11 is 5.04. The van der Waals surface area contributed by atoms with E-state index in [2.05, 4.69) is 20.8 Å². The zero-order valence-corrected chi connectivity index (χ0v) is 9.38. The lowest BCUT2D eigenvalue weighted by Gasteiger charge is -2.08. The number of hydrogen-bond donors (Lipinski definition) is 2. The highest BCUT2D eigenvalue weighted by molar-refractivity contribution is 7.80. The van der Waals surface area contributed by atoms with Crippen molar-refractivity contribution in [2.75, 3.05) is 20.3 Å². The number of hydrogen-bond acceptors (Lipinski definition) is 4. The molecule has 1 aromatic rings. The number of nitrogens with zero attached hydrogens (tertiary/aromatic N) is 2. The molecule has 0 aliphatic carbocycles. The number of nitrogens with one attached hydrogen (secondary N) is 2. The van der Waals surface area contributed by atoms with Gasteiger partial charge in [-0.05, 0) is 24.4 Å². The van der Waals surface area contributed by atoms with Crippen LogP contribution in [-0.4, -0.2) is 35.6 Å². The summed E-state index contributed by atoms with van der Waals surface area (Å²) in [5.74, 6) is 0. The monoisotopic (exact) mass is 226 g/mol. The van der Waals surface area contributed by atoms with Gasteiger partial charge in [0, 0.05) is 19.9 Å². The predicted octanol–water partition coefficient (Wildman–Crippen LogP) is 0.0871. The summed E-state index contributed by atoms with van der Waals surface area (Å²) in [5.41, 5.74) is 0.855. The zero-order chi connectivity index (χ0) is 10.9. The smallest absolute Gasteiger partial charge is 0.166 e. The number of thiocarbonyl (C=S) groups is 1. The molecule has 0 atom stereocenters. The Labute approximate surface area is 94.2 Å². The maximum absolute atomic E-state index is 5.04. The first-order chi connectivity index (χ1) is 7.33. The topological polar surface area (TPSA) is 59.1 Å². The number of ether oxygens (including phenoxy) is 1. The highest BCUT2D eigenvalue weighted by Gasteiger charge is 1.96. The molecule has 0 aliphatic heterocycles. The Morgan fingerprint density at radius 3 is 3.07 bits per heavy atom. The van der Waals surface area contributed by atoms with Crippen LogP contribution in [-0.2, 0) is 11.3 Å². The molecule has 82 valence electrons. The molecule has 0 spiro atoms. The van der Waals surface area contributed by atoms with Crippen LogP contribution in [0.15, 0.2) is 18.3 Å². The van der Waals surface area contributed by atoms with Gasteiger partial charge in [0.05, 0.1) is 18.8 Å². The van der Waals surface area contributed by atoms with E-state index >= 15 is 0 Å². The first-order valence-corrected chi connectivity index (χ1v) is 5.01. The summed E-state index contributed by atoms with van der Waals surface area (Å²) in [4.78, 5) is 0. The van der Waals surface area contributed by atoms with Crippen molar-refractivity contribution in [3.8, 4) is 0 Å².